The number of nitrogens with zero attached hydrogens (tertiary/aromatic N) is 2. The van der Waals surface area contributed by atoms with E-state index in [1.165, 1.54) is 17.0 Å². The summed E-state index contributed by atoms with van der Waals surface area (Å²) in [7, 11) is 0. The van der Waals surface area contributed by atoms with Crippen molar-refractivity contribution in [2.24, 2.45) is 0 Å². The number of carbonyl (C=O) groups excluding carboxylic acids is 1. The van der Waals surface area contributed by atoms with Gasteiger partial charge in [0.05, 0.1) is 6.42 Å². The van der Waals surface area contributed by atoms with Gasteiger partial charge in [-0.15, -0.1) is 0 Å². The Labute approximate surface area is 117 Å². The minimum absolute atomic E-state index is 0.0640. The lowest BCUT2D eigenvalue weighted by atomic mass is 10.1. The van der Waals surface area contributed by atoms with Gasteiger partial charge in [-0.1, -0.05) is 6.07 Å². The van der Waals surface area contributed by atoms with Gasteiger partial charge in [0, 0.05) is 13.1 Å². The van der Waals surface area contributed by atoms with Crippen molar-refractivity contribution in [2.45, 2.75) is 18.6 Å². The zero-order valence-electron chi connectivity index (χ0n) is 10.7. The fourth-order valence-electron chi connectivity index (χ4n) is 2.10. The van der Waals surface area contributed by atoms with Crippen LogP contribution in [0, 0.1) is 0 Å². The minimum atomic E-state index is -4.60. The minimum Gasteiger partial charge on any atom is -0.481 e. The first kappa shape index (κ1) is 15.1. The second-order valence-electron chi connectivity index (χ2n) is 4.48. The molecule has 1 fully saturated rings. The lowest BCUT2D eigenvalue weighted by Crippen LogP contribution is -2.56. The van der Waals surface area contributed by atoms with Crippen LogP contribution in [0.25, 0.3) is 0 Å². The van der Waals surface area contributed by atoms with E-state index in [1.807, 2.05) is 0 Å². The van der Waals surface area contributed by atoms with Crippen LogP contribution in [0.4, 0.5) is 19.0 Å². The van der Waals surface area contributed by atoms with E-state index in [-0.39, 0.29) is 18.9 Å². The van der Waals surface area contributed by atoms with Crippen LogP contribution in [0.1, 0.15) is 12.1 Å². The van der Waals surface area contributed by atoms with Gasteiger partial charge in [0.1, 0.15) is 17.6 Å². The van der Waals surface area contributed by atoms with E-state index < -0.39 is 36.2 Å². The number of aromatic nitrogens is 1. The summed E-state index contributed by atoms with van der Waals surface area (Å²) in [6, 6.07) is 2.24. The Hall–Kier alpha value is -2.32. The molecule has 2 N–H and O–H groups in total. The zero-order valence-corrected chi connectivity index (χ0v) is 10.7. The summed E-state index contributed by atoms with van der Waals surface area (Å²) in [5.74, 6) is -1.82. The Kier molecular flexibility index (Phi) is 4.01. The fourth-order valence-corrected chi connectivity index (χ4v) is 2.10. The number of anilines is 1. The van der Waals surface area contributed by atoms with Gasteiger partial charge in [0.15, 0.2) is 0 Å². The number of aliphatic carboxylic acids is 1. The van der Waals surface area contributed by atoms with Crippen molar-refractivity contribution >= 4 is 17.7 Å². The molecule has 6 nitrogen and oxygen atoms in total. The van der Waals surface area contributed by atoms with E-state index in [1.54, 1.807) is 0 Å². The van der Waals surface area contributed by atoms with Crippen molar-refractivity contribution in [3.8, 4) is 0 Å². The van der Waals surface area contributed by atoms with E-state index in [2.05, 4.69) is 10.3 Å². The first-order valence-electron chi connectivity index (χ1n) is 6.09. The number of hydrogen-bond donors (Lipinski definition) is 2. The highest BCUT2D eigenvalue weighted by atomic mass is 19.4. The Morgan fingerprint density at radius 3 is 2.81 bits per heavy atom. The van der Waals surface area contributed by atoms with Crippen molar-refractivity contribution < 1.29 is 27.9 Å². The van der Waals surface area contributed by atoms with E-state index in [9.17, 15) is 22.8 Å². The maximum absolute atomic E-state index is 12.7. The van der Waals surface area contributed by atoms with Crippen LogP contribution in [0.3, 0.4) is 0 Å². The van der Waals surface area contributed by atoms with E-state index in [4.69, 9.17) is 5.11 Å². The summed E-state index contributed by atoms with van der Waals surface area (Å²) in [5.41, 5.74) is -1.08. The highest BCUT2D eigenvalue weighted by Gasteiger charge is 2.36. The Bertz CT molecular complexity index is 562. The highest BCUT2D eigenvalue weighted by molar-refractivity contribution is 5.90. The molecule has 0 bridgehead atoms. The summed E-state index contributed by atoms with van der Waals surface area (Å²) in [6.07, 6.45) is -5.11. The number of halogens is 3. The molecular weight excluding hydrogens is 291 g/mol. The number of hydrogen-bond acceptors (Lipinski definition) is 4. The van der Waals surface area contributed by atoms with Crippen LogP contribution in [-0.4, -0.2) is 41.1 Å². The maximum atomic E-state index is 12.7. The molecule has 2 rings (SSSR count). The summed E-state index contributed by atoms with van der Waals surface area (Å²) >= 11 is 0. The predicted molar refractivity (Wildman–Crippen MR) is 65.6 cm³/mol. The average molecular weight is 303 g/mol. The Balaban J connectivity index is 2.33. The quantitative estimate of drug-likeness (QED) is 0.866. The molecule has 1 unspecified atom stereocenters. The van der Waals surface area contributed by atoms with Gasteiger partial charge in [-0.2, -0.15) is 13.2 Å². The van der Waals surface area contributed by atoms with Crippen LogP contribution >= 0.6 is 0 Å². The predicted octanol–water partition coefficient (Wildman–Crippen LogP) is 0.880. The van der Waals surface area contributed by atoms with E-state index in [0.717, 1.165) is 6.07 Å². The van der Waals surface area contributed by atoms with Crippen LogP contribution in [0.15, 0.2) is 18.2 Å². The normalized spacial score (nSPS) is 19.3. The largest absolute Gasteiger partial charge is 0.481 e. The third kappa shape index (κ3) is 3.41. The number of piperazine rings is 1. The average Bonchev–Trinajstić information content (AvgIpc) is 2.40. The third-order valence-electron chi connectivity index (χ3n) is 3.02. The smallest absolute Gasteiger partial charge is 0.433 e. The van der Waals surface area contributed by atoms with Crippen molar-refractivity contribution in [3.05, 3.63) is 23.9 Å². The van der Waals surface area contributed by atoms with Crippen molar-refractivity contribution in [1.82, 2.24) is 10.3 Å². The fraction of sp³-hybridized carbons (Fsp3) is 0.417. The number of pyridine rings is 1. The van der Waals surface area contributed by atoms with Crippen LogP contribution in [0.2, 0.25) is 0 Å². The topological polar surface area (TPSA) is 82.5 Å². The molecule has 0 aromatic carbocycles. The summed E-state index contributed by atoms with van der Waals surface area (Å²) in [6.45, 7) is 0.408. The van der Waals surface area contributed by atoms with Crippen LogP contribution in [0.5, 0.6) is 0 Å². The molecule has 1 aromatic rings. The summed E-state index contributed by atoms with van der Waals surface area (Å²) in [5, 5.41) is 11.3. The SMILES string of the molecule is O=C(O)CC1C(=O)NCCN1c1cccc(C(F)(F)F)n1. The second kappa shape index (κ2) is 5.58. The molecule has 1 aliphatic heterocycles. The van der Waals surface area contributed by atoms with Gasteiger partial charge >= 0.3 is 12.1 Å². The first-order valence-corrected chi connectivity index (χ1v) is 6.09. The molecule has 1 amide bonds. The number of carbonyl (C=O) groups is 2. The molecule has 114 valence electrons. The van der Waals surface area contributed by atoms with E-state index in [0.29, 0.717) is 0 Å². The molecule has 1 atom stereocenters. The molecule has 1 saturated heterocycles. The third-order valence-corrected chi connectivity index (χ3v) is 3.02. The summed E-state index contributed by atoms with van der Waals surface area (Å²) < 4.78 is 38.0. The molecular formula is C12H12F3N3O3. The highest BCUT2D eigenvalue weighted by Crippen LogP contribution is 2.29. The van der Waals surface area contributed by atoms with Crippen molar-refractivity contribution in [3.63, 3.8) is 0 Å². The molecule has 0 radical (unpaired) electrons. The molecule has 0 spiro atoms. The number of nitrogens with one attached hydrogen (secondary N) is 1. The number of alkyl halides is 3. The number of rotatable bonds is 3. The monoisotopic (exact) mass is 303 g/mol. The lowest BCUT2D eigenvalue weighted by molar-refractivity contribution is -0.141. The number of carboxylic acid groups (broad SMARTS) is 1. The Morgan fingerprint density at radius 1 is 1.48 bits per heavy atom. The molecule has 9 heteroatoms. The van der Waals surface area contributed by atoms with Gasteiger partial charge < -0.3 is 15.3 Å². The van der Waals surface area contributed by atoms with Crippen molar-refractivity contribution in [2.75, 3.05) is 18.0 Å². The summed E-state index contributed by atoms with van der Waals surface area (Å²) in [4.78, 5) is 27.3. The molecule has 0 aliphatic carbocycles. The van der Waals surface area contributed by atoms with Crippen molar-refractivity contribution in [1.29, 1.82) is 0 Å². The first-order chi connectivity index (χ1) is 9.79. The van der Waals surface area contributed by atoms with Gasteiger partial charge in [-0.3, -0.25) is 9.59 Å². The molecule has 1 aliphatic rings. The van der Waals surface area contributed by atoms with Crippen LogP contribution in [-0.2, 0) is 15.8 Å². The number of carboxylic acids is 1. The molecule has 2 heterocycles. The maximum Gasteiger partial charge on any atom is 0.433 e. The van der Waals surface area contributed by atoms with Gasteiger partial charge in [0.2, 0.25) is 5.91 Å². The van der Waals surface area contributed by atoms with Gasteiger partial charge in [0.25, 0.3) is 0 Å². The van der Waals surface area contributed by atoms with Gasteiger partial charge in [-0.25, -0.2) is 4.98 Å². The lowest BCUT2D eigenvalue weighted by Gasteiger charge is -2.35. The van der Waals surface area contributed by atoms with Crippen LogP contribution < -0.4 is 10.2 Å². The number of amides is 1. The van der Waals surface area contributed by atoms with E-state index >= 15 is 0 Å². The molecule has 1 aromatic heterocycles. The molecule has 21 heavy (non-hydrogen) atoms. The molecule has 0 saturated carbocycles. The second-order valence-corrected chi connectivity index (χ2v) is 4.48. The standard InChI is InChI=1S/C12H12F3N3O3/c13-12(14,15)8-2-1-3-9(17-8)18-5-4-16-11(21)7(18)6-10(19)20/h1-3,7H,4-6H2,(H,16,21)(H,19,20). The van der Waals surface area contributed by atoms with Gasteiger partial charge in [-0.05, 0) is 12.1 Å². The Morgan fingerprint density at radius 2 is 2.19 bits per heavy atom. The zero-order chi connectivity index (χ0) is 15.6.